The van der Waals surface area contributed by atoms with Gasteiger partial charge in [0.25, 0.3) is 31.6 Å². The van der Waals surface area contributed by atoms with Crippen LogP contribution in [-0.2, 0) is 24.8 Å². The molecule has 422 valence electrons. The van der Waals surface area contributed by atoms with Crippen LogP contribution in [0.5, 0.6) is 0 Å². The van der Waals surface area contributed by atoms with Crippen LogP contribution < -0.4 is 10.6 Å². The Bertz CT molecular complexity index is 4090. The summed E-state index contributed by atoms with van der Waals surface area (Å²) in [6.07, 6.45) is 9.83. The van der Waals surface area contributed by atoms with Gasteiger partial charge >= 0.3 is 6.09 Å². The number of benzene rings is 4. The maximum atomic E-state index is 13.6. The Labute approximate surface area is 482 Å². The van der Waals surface area contributed by atoms with E-state index in [4.69, 9.17) is 27.9 Å². The zero-order valence-electron chi connectivity index (χ0n) is 44.5. The van der Waals surface area contributed by atoms with Gasteiger partial charge in [0, 0.05) is 78.6 Å². The molecule has 11 rings (SSSR count). The van der Waals surface area contributed by atoms with E-state index in [1.807, 2.05) is 45.0 Å². The van der Waals surface area contributed by atoms with Crippen LogP contribution in [0.15, 0.2) is 162 Å². The monoisotopic (exact) mass is 1180 g/mol. The minimum Gasteiger partial charge on any atom is -0.444 e. The number of hydrogen-bond acceptors (Lipinski definition) is 16. The number of ether oxygens (including phenoxy) is 1. The van der Waals surface area contributed by atoms with Crippen molar-refractivity contribution in [3.05, 3.63) is 178 Å². The van der Waals surface area contributed by atoms with Gasteiger partial charge < -0.3 is 25.2 Å². The van der Waals surface area contributed by atoms with Gasteiger partial charge in [0.05, 0.1) is 59.6 Å². The largest absolute Gasteiger partial charge is 0.444 e. The Balaban J connectivity index is 0.000000185. The molecule has 0 unspecified atom stereocenters. The lowest BCUT2D eigenvalue weighted by Gasteiger charge is -2.34. The number of anilines is 2. The number of pyridine rings is 1. The highest BCUT2D eigenvalue weighted by molar-refractivity contribution is 7.90. The van der Waals surface area contributed by atoms with Crippen molar-refractivity contribution < 1.29 is 36.1 Å². The van der Waals surface area contributed by atoms with Crippen molar-refractivity contribution in [1.82, 2.24) is 42.7 Å². The summed E-state index contributed by atoms with van der Waals surface area (Å²) >= 11 is 13.1. The van der Waals surface area contributed by atoms with Crippen LogP contribution in [0.3, 0.4) is 0 Å². The molecule has 25 heteroatoms. The first-order chi connectivity index (χ1) is 39.2. The molecule has 0 bridgehead atoms. The zero-order valence-corrected chi connectivity index (χ0v) is 47.6. The van der Waals surface area contributed by atoms with Gasteiger partial charge in [-0.25, -0.2) is 54.5 Å². The summed E-state index contributed by atoms with van der Waals surface area (Å²) in [6.45, 7) is 7.45. The van der Waals surface area contributed by atoms with E-state index in [0.717, 1.165) is 25.5 Å². The molecule has 4 aromatic carbocycles. The summed E-state index contributed by atoms with van der Waals surface area (Å²) < 4.78 is 62.2. The zero-order chi connectivity index (χ0) is 57.9. The maximum Gasteiger partial charge on any atom is 0.410 e. The molecule has 0 radical (unpaired) electrons. The first-order valence-electron chi connectivity index (χ1n) is 26.0. The summed E-state index contributed by atoms with van der Waals surface area (Å²) in [5.74, 6) is 0.287. The van der Waals surface area contributed by atoms with Gasteiger partial charge in [-0.1, -0.05) is 96.0 Å². The number of rotatable bonds is 12. The number of hydrogen-bond donors (Lipinski definition) is 2. The van der Waals surface area contributed by atoms with Crippen LogP contribution >= 0.6 is 23.2 Å². The van der Waals surface area contributed by atoms with Gasteiger partial charge in [-0.3, -0.25) is 14.9 Å². The SMILES string of the molecule is CC(C)(C)OC(=O)N1CCC[C@@H](Nc2ncc(Cl)c(-c3cn(S(=O)(=O)c4ccccc4)c4ccccc34)n2)C1.O=C(c1ccc([N+](=O)[O-])cn1)N1CCC[C@@H](Nc2ncc(Cl)c(-c3cn(S(=O)(=O)c4ccccc4)c4ccccc34)n2)C1. The molecule has 2 N–H and O–H groups in total. The van der Waals surface area contributed by atoms with Crippen LogP contribution in [-0.4, -0.2) is 120 Å². The number of nitrogens with one attached hydrogen (secondary N) is 2. The Morgan fingerprint density at radius 1 is 0.622 bits per heavy atom. The van der Waals surface area contributed by atoms with Crippen LogP contribution in [0.1, 0.15) is 56.9 Å². The Morgan fingerprint density at radius 2 is 1.07 bits per heavy atom. The minimum atomic E-state index is -3.90. The highest BCUT2D eigenvalue weighted by Crippen LogP contribution is 2.38. The molecule has 2 saturated heterocycles. The fourth-order valence-corrected chi connectivity index (χ4v) is 12.9. The van der Waals surface area contributed by atoms with Gasteiger partial charge in [-0.2, -0.15) is 0 Å². The van der Waals surface area contributed by atoms with Gasteiger partial charge in [0.15, 0.2) is 0 Å². The first-order valence-corrected chi connectivity index (χ1v) is 29.7. The van der Waals surface area contributed by atoms with Crippen LogP contribution in [0.25, 0.3) is 44.3 Å². The van der Waals surface area contributed by atoms with Crippen molar-refractivity contribution >= 4 is 94.6 Å². The van der Waals surface area contributed by atoms with Crippen molar-refractivity contribution in [2.45, 2.75) is 73.9 Å². The summed E-state index contributed by atoms with van der Waals surface area (Å²) in [5.41, 5.74) is 2.22. The quantitative estimate of drug-likeness (QED) is 0.0851. The van der Waals surface area contributed by atoms with E-state index < -0.39 is 30.6 Å². The summed E-state index contributed by atoms with van der Waals surface area (Å²) in [7, 11) is -7.76. The third-order valence-corrected chi connectivity index (χ3v) is 17.5. The number of carbonyl (C=O) groups is 2. The van der Waals surface area contributed by atoms with Crippen molar-refractivity contribution in [3.63, 3.8) is 0 Å². The minimum absolute atomic E-state index is 0.0832. The summed E-state index contributed by atoms with van der Waals surface area (Å²) in [5, 5.41) is 19.4. The van der Waals surface area contributed by atoms with Crippen LogP contribution in [0, 0.1) is 10.1 Å². The normalized spacial score (nSPS) is 15.8. The number of carbonyl (C=O) groups excluding carboxylic acids is 2. The predicted molar refractivity (Wildman–Crippen MR) is 312 cm³/mol. The molecule has 2 atom stereocenters. The Kier molecular flexibility index (Phi) is 16.3. The van der Waals surface area contributed by atoms with E-state index in [0.29, 0.717) is 87.9 Å². The van der Waals surface area contributed by atoms with Gasteiger partial charge in [-0.15, -0.1) is 0 Å². The van der Waals surface area contributed by atoms with Crippen molar-refractivity contribution in [2.24, 2.45) is 0 Å². The summed E-state index contributed by atoms with van der Waals surface area (Å²) in [6, 6.07) is 33.1. The van der Waals surface area contributed by atoms with E-state index in [2.05, 4.69) is 35.6 Å². The van der Waals surface area contributed by atoms with Crippen molar-refractivity contribution in [2.75, 3.05) is 36.8 Å². The second kappa shape index (κ2) is 23.5. The molecule has 5 aromatic heterocycles. The van der Waals surface area contributed by atoms with E-state index in [9.17, 15) is 36.5 Å². The third-order valence-electron chi connectivity index (χ3n) is 13.6. The molecule has 82 heavy (non-hydrogen) atoms. The van der Waals surface area contributed by atoms with Crippen LogP contribution in [0.4, 0.5) is 22.4 Å². The summed E-state index contributed by atoms with van der Waals surface area (Å²) in [4.78, 5) is 61.6. The average molecular weight is 1190 g/mol. The van der Waals surface area contributed by atoms with Gasteiger partial charge in [0.2, 0.25) is 11.9 Å². The average Bonchev–Trinajstić information content (AvgIpc) is 3.72. The lowest BCUT2D eigenvalue weighted by atomic mass is 10.1. The van der Waals surface area contributed by atoms with Gasteiger partial charge in [-0.05, 0) is 88.9 Å². The number of likely N-dealkylation sites (tertiary alicyclic amines) is 2. The molecule has 2 aliphatic heterocycles. The van der Waals surface area contributed by atoms with Gasteiger partial charge in [0.1, 0.15) is 17.5 Å². The smallest absolute Gasteiger partial charge is 0.410 e. The number of aromatic nitrogens is 7. The van der Waals surface area contributed by atoms with Crippen molar-refractivity contribution in [3.8, 4) is 22.5 Å². The fourth-order valence-electron chi connectivity index (χ4n) is 9.75. The fraction of sp³-hybridized carbons (Fsp3) is 0.246. The van der Waals surface area contributed by atoms with E-state index in [1.54, 1.807) is 101 Å². The molecule has 2 amide bonds. The number of fused-ring (bicyclic) bond motifs is 2. The number of piperidine rings is 2. The third kappa shape index (κ3) is 12.2. The lowest BCUT2D eigenvalue weighted by molar-refractivity contribution is -0.385. The Morgan fingerprint density at radius 3 is 1.52 bits per heavy atom. The molecule has 0 saturated carbocycles. The van der Waals surface area contributed by atoms with E-state index >= 15 is 0 Å². The molecule has 9 aromatic rings. The maximum absolute atomic E-state index is 13.6. The molecule has 0 spiro atoms. The van der Waals surface area contributed by atoms with E-state index in [1.165, 1.54) is 38.7 Å². The number of nitrogens with zero attached hydrogens (tertiary/aromatic N) is 10. The second-order valence-electron chi connectivity index (χ2n) is 20.4. The number of halogens is 2. The highest BCUT2D eigenvalue weighted by Gasteiger charge is 2.31. The predicted octanol–water partition coefficient (Wildman–Crippen LogP) is 10.8. The second-order valence-corrected chi connectivity index (χ2v) is 24.9. The number of nitro groups is 1. The number of amides is 2. The van der Waals surface area contributed by atoms with Crippen LogP contribution in [0.2, 0.25) is 10.0 Å². The standard InChI is InChI=1S/C29H24ClN7O5S.C28H30ClN5O4S/c30-24-16-32-29(33-19-7-6-14-35(17-19)28(38)25-13-12-20(15-31-25)37(39)40)34-27(24)23-18-36(26-11-5-4-10-22(23)26)43(41,42)21-8-2-1-3-9-21;1-28(2,3)38-27(35)33-15-9-10-19(17-33)31-26-30-16-23(29)25(32-26)22-18-34(24-14-8-7-13-21(22)24)39(36,37)20-11-5-4-6-12-20/h1-5,8-13,15-16,18-19H,6-7,14,17H2,(H,32,33,34);4-8,11-14,16,18-19H,9-10,15,17H2,1-3H3,(H,30,31,32)/t2*19-/m11/s1. The van der Waals surface area contributed by atoms with Crippen molar-refractivity contribution in [1.29, 1.82) is 0 Å². The molecule has 0 aliphatic carbocycles. The molecular weight excluding hydrogens is 1130 g/mol. The molecule has 2 aliphatic rings. The molecule has 7 heterocycles. The first kappa shape index (κ1) is 56.8. The molecule has 2 fully saturated rings. The molecular formula is C57H54Cl2N12O9S2. The lowest BCUT2D eigenvalue weighted by Crippen LogP contribution is -2.47. The number of para-hydroxylation sites is 2. The Hall–Kier alpha value is -8.51. The molecule has 21 nitrogen and oxygen atoms in total. The van der Waals surface area contributed by atoms with E-state index in [-0.39, 0.29) is 56.2 Å². The topological polar surface area (TPSA) is 260 Å². The highest BCUT2D eigenvalue weighted by atomic mass is 35.5.